The number of benzene rings is 1. The highest BCUT2D eigenvalue weighted by Crippen LogP contribution is 2.13. The fourth-order valence-electron chi connectivity index (χ4n) is 2.00. The van der Waals surface area contributed by atoms with E-state index in [-0.39, 0.29) is 5.91 Å². The maximum Gasteiger partial charge on any atom is 0.274 e. The van der Waals surface area contributed by atoms with Crippen LogP contribution in [0.2, 0.25) is 0 Å². The molecule has 1 aromatic carbocycles. The first kappa shape index (κ1) is 14.9. The lowest BCUT2D eigenvalue weighted by Crippen LogP contribution is -2.32. The maximum absolute atomic E-state index is 12.3. The lowest BCUT2D eigenvalue weighted by Gasteiger charge is -2.18. The molecular weight excluding hydrogens is 268 g/mol. The Bertz CT molecular complexity index is 617. The van der Waals surface area contributed by atoms with Crippen LogP contribution in [0.3, 0.4) is 0 Å². The van der Waals surface area contributed by atoms with Crippen LogP contribution in [0.1, 0.15) is 16.1 Å². The molecular formula is C15H20N4O2. The quantitative estimate of drug-likeness (QED) is 0.904. The second-order valence-electron chi connectivity index (χ2n) is 4.96. The van der Waals surface area contributed by atoms with Gasteiger partial charge in [0.1, 0.15) is 18.1 Å². The molecule has 0 atom stereocenters. The van der Waals surface area contributed by atoms with Crippen molar-refractivity contribution in [3.05, 3.63) is 41.7 Å². The minimum Gasteiger partial charge on any atom is -0.492 e. The SMILES string of the molecule is Cc1cccc(OCCN(C)C(=O)c2c(N)cnn2C)c1. The molecule has 0 spiro atoms. The number of hydrogen-bond donors (Lipinski definition) is 1. The highest BCUT2D eigenvalue weighted by atomic mass is 16.5. The molecule has 6 nitrogen and oxygen atoms in total. The number of nitrogen functional groups attached to an aromatic ring is 1. The Morgan fingerprint density at radius 2 is 2.24 bits per heavy atom. The van der Waals surface area contributed by atoms with Crippen LogP contribution in [0.25, 0.3) is 0 Å². The Labute approximate surface area is 124 Å². The van der Waals surface area contributed by atoms with Gasteiger partial charge in [-0.3, -0.25) is 9.48 Å². The summed E-state index contributed by atoms with van der Waals surface area (Å²) >= 11 is 0. The van der Waals surface area contributed by atoms with Gasteiger partial charge >= 0.3 is 0 Å². The number of amides is 1. The molecule has 0 saturated carbocycles. The van der Waals surface area contributed by atoms with Crippen molar-refractivity contribution in [2.24, 2.45) is 7.05 Å². The number of carbonyl (C=O) groups is 1. The summed E-state index contributed by atoms with van der Waals surface area (Å²) in [6, 6.07) is 7.80. The standard InChI is InChI=1S/C15H20N4O2/c1-11-5-4-6-12(9-11)21-8-7-18(2)15(20)14-13(16)10-17-19(14)3/h4-6,9-10H,7-8,16H2,1-3H3. The molecule has 21 heavy (non-hydrogen) atoms. The van der Waals surface area contributed by atoms with Gasteiger partial charge in [-0.05, 0) is 24.6 Å². The van der Waals surface area contributed by atoms with E-state index in [2.05, 4.69) is 5.10 Å². The summed E-state index contributed by atoms with van der Waals surface area (Å²) < 4.78 is 7.12. The van der Waals surface area contributed by atoms with Crippen LogP contribution < -0.4 is 10.5 Å². The van der Waals surface area contributed by atoms with Crippen molar-refractivity contribution >= 4 is 11.6 Å². The molecule has 0 bridgehead atoms. The second kappa shape index (κ2) is 6.30. The Kier molecular flexibility index (Phi) is 4.47. The molecule has 112 valence electrons. The molecule has 0 aliphatic rings. The average Bonchev–Trinajstić information content (AvgIpc) is 2.77. The summed E-state index contributed by atoms with van der Waals surface area (Å²) in [6.07, 6.45) is 1.48. The Morgan fingerprint density at radius 3 is 2.86 bits per heavy atom. The van der Waals surface area contributed by atoms with Crippen LogP contribution in [0.5, 0.6) is 5.75 Å². The van der Waals surface area contributed by atoms with Crippen LogP contribution in [-0.2, 0) is 7.05 Å². The van der Waals surface area contributed by atoms with E-state index in [1.54, 1.807) is 19.0 Å². The van der Waals surface area contributed by atoms with Gasteiger partial charge in [-0.2, -0.15) is 5.10 Å². The largest absolute Gasteiger partial charge is 0.492 e. The molecule has 0 fully saturated rings. The Hall–Kier alpha value is -2.50. The number of carbonyl (C=O) groups excluding carboxylic acids is 1. The highest BCUT2D eigenvalue weighted by molar-refractivity contribution is 5.97. The summed E-state index contributed by atoms with van der Waals surface area (Å²) in [4.78, 5) is 13.8. The fourth-order valence-corrected chi connectivity index (χ4v) is 2.00. The van der Waals surface area contributed by atoms with Crippen LogP contribution >= 0.6 is 0 Å². The Balaban J connectivity index is 1.90. The van der Waals surface area contributed by atoms with Gasteiger partial charge in [0.15, 0.2) is 0 Å². The van der Waals surface area contributed by atoms with Crippen LogP contribution in [0.15, 0.2) is 30.5 Å². The molecule has 6 heteroatoms. The number of rotatable bonds is 5. The molecule has 1 heterocycles. The Morgan fingerprint density at radius 1 is 1.48 bits per heavy atom. The molecule has 2 aromatic rings. The maximum atomic E-state index is 12.3. The summed E-state index contributed by atoms with van der Waals surface area (Å²) in [6.45, 7) is 2.90. The number of aromatic nitrogens is 2. The number of nitrogens with zero attached hydrogens (tertiary/aromatic N) is 3. The zero-order valence-electron chi connectivity index (χ0n) is 12.5. The van der Waals surface area contributed by atoms with Gasteiger partial charge in [-0.15, -0.1) is 0 Å². The topological polar surface area (TPSA) is 73.4 Å². The molecule has 0 aliphatic carbocycles. The van der Waals surface area contributed by atoms with Crippen molar-refractivity contribution < 1.29 is 9.53 Å². The number of ether oxygens (including phenoxy) is 1. The van der Waals surface area contributed by atoms with E-state index in [4.69, 9.17) is 10.5 Å². The summed E-state index contributed by atoms with van der Waals surface area (Å²) in [5, 5.41) is 3.97. The normalized spacial score (nSPS) is 10.4. The molecule has 2 rings (SSSR count). The van der Waals surface area contributed by atoms with Gasteiger partial charge in [-0.25, -0.2) is 0 Å². The molecule has 0 aliphatic heterocycles. The minimum atomic E-state index is -0.166. The van der Waals surface area contributed by atoms with Gasteiger partial charge < -0.3 is 15.4 Å². The predicted octanol–water partition coefficient (Wildman–Crippen LogP) is 1.46. The third-order valence-electron chi connectivity index (χ3n) is 3.20. The summed E-state index contributed by atoms with van der Waals surface area (Å²) in [7, 11) is 3.41. The summed E-state index contributed by atoms with van der Waals surface area (Å²) in [5.41, 5.74) is 7.67. The van der Waals surface area contributed by atoms with Crippen molar-refractivity contribution in [3.8, 4) is 5.75 Å². The van der Waals surface area contributed by atoms with Gasteiger partial charge in [0, 0.05) is 14.1 Å². The van der Waals surface area contributed by atoms with E-state index in [0.717, 1.165) is 11.3 Å². The summed E-state index contributed by atoms with van der Waals surface area (Å²) in [5.74, 6) is 0.635. The predicted molar refractivity (Wildman–Crippen MR) is 81.3 cm³/mol. The van der Waals surface area contributed by atoms with E-state index in [1.807, 2.05) is 31.2 Å². The molecule has 0 saturated heterocycles. The zero-order valence-corrected chi connectivity index (χ0v) is 12.5. The lowest BCUT2D eigenvalue weighted by atomic mass is 10.2. The third kappa shape index (κ3) is 3.53. The first-order valence-electron chi connectivity index (χ1n) is 6.71. The smallest absolute Gasteiger partial charge is 0.274 e. The van der Waals surface area contributed by atoms with Crippen molar-refractivity contribution in [2.45, 2.75) is 6.92 Å². The number of anilines is 1. The van der Waals surface area contributed by atoms with Gasteiger partial charge in [-0.1, -0.05) is 12.1 Å². The van der Waals surface area contributed by atoms with E-state index in [9.17, 15) is 4.79 Å². The van der Waals surface area contributed by atoms with E-state index in [1.165, 1.54) is 10.9 Å². The van der Waals surface area contributed by atoms with Gasteiger partial charge in [0.2, 0.25) is 0 Å². The number of aryl methyl sites for hydroxylation is 2. The van der Waals surface area contributed by atoms with Gasteiger partial charge in [0.05, 0.1) is 18.4 Å². The van der Waals surface area contributed by atoms with Crippen LogP contribution in [-0.4, -0.2) is 40.8 Å². The lowest BCUT2D eigenvalue weighted by molar-refractivity contribution is 0.0764. The van der Waals surface area contributed by atoms with Crippen LogP contribution in [0.4, 0.5) is 5.69 Å². The zero-order chi connectivity index (χ0) is 15.4. The van der Waals surface area contributed by atoms with Crippen LogP contribution in [0, 0.1) is 6.92 Å². The highest BCUT2D eigenvalue weighted by Gasteiger charge is 2.18. The molecule has 0 radical (unpaired) electrons. The third-order valence-corrected chi connectivity index (χ3v) is 3.20. The molecule has 1 amide bonds. The molecule has 1 aromatic heterocycles. The van der Waals surface area contributed by atoms with Crippen molar-refractivity contribution in [1.82, 2.24) is 14.7 Å². The average molecular weight is 288 g/mol. The monoisotopic (exact) mass is 288 g/mol. The minimum absolute atomic E-state index is 0.166. The van der Waals surface area contributed by atoms with Crippen molar-refractivity contribution in [1.29, 1.82) is 0 Å². The molecule has 0 unspecified atom stereocenters. The number of nitrogens with two attached hydrogens (primary N) is 1. The van der Waals surface area contributed by atoms with E-state index >= 15 is 0 Å². The second-order valence-corrected chi connectivity index (χ2v) is 4.96. The first-order valence-corrected chi connectivity index (χ1v) is 6.71. The molecule has 2 N–H and O–H groups in total. The van der Waals surface area contributed by atoms with Crippen molar-refractivity contribution in [3.63, 3.8) is 0 Å². The fraction of sp³-hybridized carbons (Fsp3) is 0.333. The number of likely N-dealkylation sites (N-methyl/N-ethyl adjacent to an activating group) is 1. The van der Waals surface area contributed by atoms with Gasteiger partial charge in [0.25, 0.3) is 5.91 Å². The van der Waals surface area contributed by atoms with E-state index < -0.39 is 0 Å². The number of hydrogen-bond acceptors (Lipinski definition) is 4. The first-order chi connectivity index (χ1) is 9.99. The van der Waals surface area contributed by atoms with E-state index in [0.29, 0.717) is 24.5 Å². The van der Waals surface area contributed by atoms with Crippen molar-refractivity contribution in [2.75, 3.05) is 25.9 Å².